The Hall–Kier alpha value is -3.12. The molecule has 2 atom stereocenters. The van der Waals surface area contributed by atoms with E-state index in [1.807, 2.05) is 13.0 Å². The number of amides is 1. The minimum Gasteiger partial charge on any atom is -0.490 e. The Morgan fingerprint density at radius 1 is 1.17 bits per heavy atom. The lowest BCUT2D eigenvalue weighted by Crippen LogP contribution is -2.17. The molecule has 1 heterocycles. The number of halogens is 2. The van der Waals surface area contributed by atoms with Crippen LogP contribution in [0.5, 0.6) is 17.4 Å². The monoisotopic (exact) mass is 412 g/mol. The number of hydrogen-bond acceptors (Lipinski definition) is 4. The zero-order chi connectivity index (χ0) is 20.4. The smallest absolute Gasteiger partial charge is 0.231 e. The normalized spacial score (nSPS) is 17.5. The molecule has 7 heteroatoms. The number of carbonyl (C=O) groups is 1. The highest BCUT2D eigenvalue weighted by molar-refractivity contribution is 6.30. The van der Waals surface area contributed by atoms with Crippen LogP contribution >= 0.6 is 11.6 Å². The van der Waals surface area contributed by atoms with Crippen molar-refractivity contribution in [2.45, 2.75) is 19.4 Å². The van der Waals surface area contributed by atoms with E-state index in [1.165, 1.54) is 18.3 Å². The first kappa shape index (κ1) is 19.2. The van der Waals surface area contributed by atoms with Gasteiger partial charge in [-0.25, -0.2) is 9.37 Å². The molecule has 0 bridgehead atoms. The molecule has 1 aromatic heterocycles. The Bertz CT molecular complexity index is 1030. The highest BCUT2D eigenvalue weighted by atomic mass is 35.5. The van der Waals surface area contributed by atoms with Crippen LogP contribution in [0, 0.1) is 18.7 Å². The number of nitrogens with one attached hydrogen (secondary N) is 1. The topological polar surface area (TPSA) is 60.5 Å². The van der Waals surface area contributed by atoms with Crippen LogP contribution in [0.25, 0.3) is 0 Å². The van der Waals surface area contributed by atoms with Crippen molar-refractivity contribution in [2.24, 2.45) is 5.92 Å². The highest BCUT2D eigenvalue weighted by Crippen LogP contribution is 2.36. The zero-order valence-corrected chi connectivity index (χ0v) is 16.3. The van der Waals surface area contributed by atoms with Gasteiger partial charge in [-0.15, -0.1) is 0 Å². The van der Waals surface area contributed by atoms with Crippen LogP contribution in [-0.4, -0.2) is 17.0 Å². The summed E-state index contributed by atoms with van der Waals surface area (Å²) in [6.07, 6.45) is 1.95. The molecule has 0 saturated heterocycles. The number of anilines is 1. The first-order chi connectivity index (χ1) is 14.0. The number of benzene rings is 2. The van der Waals surface area contributed by atoms with Crippen molar-refractivity contribution in [1.82, 2.24) is 4.98 Å². The van der Waals surface area contributed by atoms with E-state index in [0.29, 0.717) is 34.5 Å². The average molecular weight is 413 g/mol. The third-order valence-electron chi connectivity index (χ3n) is 4.53. The molecule has 0 aliphatic heterocycles. The van der Waals surface area contributed by atoms with E-state index in [2.05, 4.69) is 10.3 Å². The van der Waals surface area contributed by atoms with Crippen molar-refractivity contribution < 1.29 is 18.7 Å². The molecular formula is C22H18ClFN2O3. The number of aromatic nitrogens is 1. The van der Waals surface area contributed by atoms with Crippen LogP contribution in [0.3, 0.4) is 0 Å². The molecule has 3 aromatic rings. The maximum Gasteiger partial charge on any atom is 0.231 e. The molecule has 1 saturated carbocycles. The van der Waals surface area contributed by atoms with Gasteiger partial charge in [0, 0.05) is 24.4 Å². The van der Waals surface area contributed by atoms with Crippen LogP contribution < -0.4 is 14.8 Å². The molecule has 1 fully saturated rings. The minimum atomic E-state index is -0.322. The maximum atomic E-state index is 12.9. The molecule has 1 aliphatic carbocycles. The Balaban J connectivity index is 1.33. The highest BCUT2D eigenvalue weighted by Gasteiger charge is 2.45. The summed E-state index contributed by atoms with van der Waals surface area (Å²) in [4.78, 5) is 16.5. The molecule has 4 rings (SSSR count). The fraction of sp³-hybridized carbons (Fsp3) is 0.182. The van der Waals surface area contributed by atoms with Gasteiger partial charge in [0.1, 0.15) is 23.4 Å². The van der Waals surface area contributed by atoms with Gasteiger partial charge in [0.2, 0.25) is 11.8 Å². The molecule has 0 radical (unpaired) electrons. The number of aryl methyl sites for hydroxylation is 1. The summed E-state index contributed by atoms with van der Waals surface area (Å²) >= 11 is 5.83. The Kier molecular flexibility index (Phi) is 5.36. The third-order valence-corrected chi connectivity index (χ3v) is 4.75. The number of rotatable bonds is 6. The quantitative estimate of drug-likeness (QED) is 0.590. The lowest BCUT2D eigenvalue weighted by Gasteiger charge is -2.11. The fourth-order valence-corrected chi connectivity index (χ4v) is 2.99. The SMILES string of the molecule is Cc1cc(NC(=O)C2CC2Oc2ccc(F)cc2)ccc1Oc1ccc(Cl)cn1. The van der Waals surface area contributed by atoms with E-state index in [-0.39, 0.29) is 23.7 Å². The van der Waals surface area contributed by atoms with Crippen molar-refractivity contribution in [3.63, 3.8) is 0 Å². The summed E-state index contributed by atoms with van der Waals surface area (Å²) < 4.78 is 24.4. The molecular weight excluding hydrogens is 395 g/mol. The van der Waals surface area contributed by atoms with E-state index in [9.17, 15) is 9.18 Å². The van der Waals surface area contributed by atoms with Gasteiger partial charge in [0.25, 0.3) is 0 Å². The van der Waals surface area contributed by atoms with Crippen LogP contribution in [0.2, 0.25) is 5.02 Å². The van der Waals surface area contributed by atoms with Gasteiger partial charge in [0.05, 0.1) is 10.9 Å². The van der Waals surface area contributed by atoms with Crippen LogP contribution in [0.4, 0.5) is 10.1 Å². The fourth-order valence-electron chi connectivity index (χ4n) is 2.88. The summed E-state index contributed by atoms with van der Waals surface area (Å²) in [6.45, 7) is 1.89. The van der Waals surface area contributed by atoms with E-state index < -0.39 is 0 Å². The van der Waals surface area contributed by atoms with Crippen LogP contribution in [0.15, 0.2) is 60.8 Å². The van der Waals surface area contributed by atoms with Crippen molar-refractivity contribution in [3.8, 4) is 17.4 Å². The molecule has 29 heavy (non-hydrogen) atoms. The van der Waals surface area contributed by atoms with Crippen LogP contribution in [-0.2, 0) is 4.79 Å². The summed E-state index contributed by atoms with van der Waals surface area (Å²) in [7, 11) is 0. The molecule has 2 aromatic carbocycles. The summed E-state index contributed by atoms with van der Waals surface area (Å²) in [6, 6.07) is 14.5. The van der Waals surface area contributed by atoms with Gasteiger partial charge >= 0.3 is 0 Å². The zero-order valence-electron chi connectivity index (χ0n) is 15.6. The average Bonchev–Trinajstić information content (AvgIpc) is 3.47. The largest absolute Gasteiger partial charge is 0.490 e. The van der Waals surface area contributed by atoms with E-state index >= 15 is 0 Å². The van der Waals surface area contributed by atoms with Gasteiger partial charge in [-0.3, -0.25) is 4.79 Å². The van der Waals surface area contributed by atoms with Gasteiger partial charge in [-0.1, -0.05) is 11.6 Å². The third kappa shape index (κ3) is 4.84. The standard InChI is InChI=1S/C22H18ClFN2O3/c1-13-10-16(5-8-19(13)29-21-9-2-14(23)12-25-21)26-22(27)18-11-20(18)28-17-6-3-15(24)4-7-17/h2-10,12,18,20H,11H2,1H3,(H,26,27). The molecule has 1 N–H and O–H groups in total. The number of pyridine rings is 1. The summed E-state index contributed by atoms with van der Waals surface area (Å²) in [5.74, 6) is 0.978. The van der Waals surface area contributed by atoms with Crippen LogP contribution in [0.1, 0.15) is 12.0 Å². The second-order valence-corrected chi connectivity index (χ2v) is 7.28. The lowest BCUT2D eigenvalue weighted by molar-refractivity contribution is -0.117. The number of nitrogens with zero attached hydrogens (tertiary/aromatic N) is 1. The molecule has 5 nitrogen and oxygen atoms in total. The van der Waals surface area contributed by atoms with Crippen molar-refractivity contribution in [1.29, 1.82) is 0 Å². The van der Waals surface area contributed by atoms with E-state index in [1.54, 1.807) is 36.4 Å². The second-order valence-electron chi connectivity index (χ2n) is 6.84. The Morgan fingerprint density at radius 2 is 1.97 bits per heavy atom. The summed E-state index contributed by atoms with van der Waals surface area (Å²) in [5.41, 5.74) is 1.53. The molecule has 1 aliphatic rings. The van der Waals surface area contributed by atoms with Gasteiger partial charge in [-0.05, 0) is 61.0 Å². The lowest BCUT2D eigenvalue weighted by atomic mass is 10.2. The molecule has 1 amide bonds. The Labute approximate surface area is 172 Å². The number of hydrogen-bond donors (Lipinski definition) is 1. The van der Waals surface area contributed by atoms with E-state index in [0.717, 1.165) is 5.56 Å². The van der Waals surface area contributed by atoms with Crippen molar-refractivity contribution in [2.75, 3.05) is 5.32 Å². The first-order valence-corrected chi connectivity index (χ1v) is 9.49. The molecule has 2 unspecified atom stereocenters. The second kappa shape index (κ2) is 8.09. The predicted octanol–water partition coefficient (Wildman–Crippen LogP) is 5.38. The minimum absolute atomic E-state index is 0.107. The van der Waals surface area contributed by atoms with Gasteiger partial charge in [-0.2, -0.15) is 0 Å². The maximum absolute atomic E-state index is 12.9. The Morgan fingerprint density at radius 3 is 2.66 bits per heavy atom. The number of ether oxygens (including phenoxy) is 2. The molecule has 0 spiro atoms. The number of carbonyl (C=O) groups excluding carboxylic acids is 1. The first-order valence-electron chi connectivity index (χ1n) is 9.11. The predicted molar refractivity (Wildman–Crippen MR) is 108 cm³/mol. The van der Waals surface area contributed by atoms with E-state index in [4.69, 9.17) is 21.1 Å². The van der Waals surface area contributed by atoms with Crippen molar-refractivity contribution in [3.05, 3.63) is 77.2 Å². The van der Waals surface area contributed by atoms with Crippen molar-refractivity contribution >= 4 is 23.2 Å². The van der Waals surface area contributed by atoms with Gasteiger partial charge in [0.15, 0.2) is 0 Å². The van der Waals surface area contributed by atoms with Gasteiger partial charge < -0.3 is 14.8 Å². The summed E-state index contributed by atoms with van der Waals surface area (Å²) in [5, 5.41) is 3.44. The molecule has 148 valence electrons.